The number of thiophene rings is 1. The van der Waals surface area contributed by atoms with Crippen molar-refractivity contribution in [1.82, 2.24) is 9.71 Å². The standard InChI is InChI=1S/C15H15F3N4O2S2/c1-9-7-12(10(2)25-9)26(23,24)21-6-5-20-14-11(8-19)3-4-13(22-14)15(16,17)18/h3-4,7,21H,5-6H2,1-2H3,(H,20,22). The Kier molecular flexibility index (Phi) is 5.90. The molecule has 2 aromatic rings. The fraction of sp³-hybridized carbons (Fsp3) is 0.333. The number of sulfonamides is 1. The van der Waals surface area contributed by atoms with Crippen LogP contribution in [0, 0.1) is 25.2 Å². The van der Waals surface area contributed by atoms with E-state index in [2.05, 4.69) is 15.0 Å². The molecule has 140 valence electrons. The topological polar surface area (TPSA) is 94.9 Å². The molecule has 2 aromatic heterocycles. The van der Waals surface area contributed by atoms with Crippen LogP contribution in [-0.2, 0) is 16.2 Å². The maximum absolute atomic E-state index is 12.7. The fourth-order valence-electron chi connectivity index (χ4n) is 2.16. The van der Waals surface area contributed by atoms with Crippen molar-refractivity contribution in [1.29, 1.82) is 5.26 Å². The minimum atomic E-state index is -4.64. The first kappa shape index (κ1) is 20.2. The van der Waals surface area contributed by atoms with Crippen molar-refractivity contribution in [3.8, 4) is 6.07 Å². The van der Waals surface area contributed by atoms with Crippen molar-refractivity contribution in [3.63, 3.8) is 0 Å². The van der Waals surface area contributed by atoms with Crippen LogP contribution in [0.25, 0.3) is 0 Å². The van der Waals surface area contributed by atoms with Crippen LogP contribution in [-0.4, -0.2) is 26.5 Å². The molecule has 0 aliphatic carbocycles. The number of pyridine rings is 1. The summed E-state index contributed by atoms with van der Waals surface area (Å²) < 4.78 is 65.0. The first-order valence-electron chi connectivity index (χ1n) is 7.33. The van der Waals surface area contributed by atoms with Crippen molar-refractivity contribution < 1.29 is 21.6 Å². The molecule has 2 rings (SSSR count). The van der Waals surface area contributed by atoms with E-state index in [0.29, 0.717) is 10.9 Å². The van der Waals surface area contributed by atoms with Gasteiger partial charge in [-0.2, -0.15) is 18.4 Å². The molecule has 0 aliphatic rings. The van der Waals surface area contributed by atoms with Crippen LogP contribution in [0.4, 0.5) is 19.0 Å². The molecule has 2 heterocycles. The Balaban J connectivity index is 2.04. The van der Waals surface area contributed by atoms with Crippen molar-refractivity contribution in [2.45, 2.75) is 24.9 Å². The zero-order valence-electron chi connectivity index (χ0n) is 13.8. The van der Waals surface area contributed by atoms with Gasteiger partial charge in [0, 0.05) is 22.8 Å². The van der Waals surface area contributed by atoms with Gasteiger partial charge in [0.05, 0.1) is 10.5 Å². The number of hydrogen-bond donors (Lipinski definition) is 2. The number of halogens is 3. The van der Waals surface area contributed by atoms with E-state index in [1.807, 2.05) is 0 Å². The van der Waals surface area contributed by atoms with E-state index in [1.165, 1.54) is 11.3 Å². The van der Waals surface area contributed by atoms with Gasteiger partial charge in [-0.3, -0.25) is 0 Å². The van der Waals surface area contributed by atoms with E-state index in [1.54, 1.807) is 26.0 Å². The van der Waals surface area contributed by atoms with E-state index >= 15 is 0 Å². The molecule has 26 heavy (non-hydrogen) atoms. The molecule has 0 bridgehead atoms. The number of hydrogen-bond acceptors (Lipinski definition) is 6. The minimum absolute atomic E-state index is 0.0373. The molecular weight excluding hydrogens is 389 g/mol. The zero-order valence-corrected chi connectivity index (χ0v) is 15.4. The quantitative estimate of drug-likeness (QED) is 0.722. The van der Waals surface area contributed by atoms with Gasteiger partial charge in [-0.25, -0.2) is 18.1 Å². The molecular formula is C15H15F3N4O2S2. The van der Waals surface area contributed by atoms with E-state index < -0.39 is 21.9 Å². The fourth-order valence-corrected chi connectivity index (χ4v) is 4.74. The smallest absolute Gasteiger partial charge is 0.368 e. The lowest BCUT2D eigenvalue weighted by Gasteiger charge is -2.11. The largest absolute Gasteiger partial charge is 0.433 e. The van der Waals surface area contributed by atoms with E-state index in [-0.39, 0.29) is 29.4 Å². The molecule has 0 unspecified atom stereocenters. The summed E-state index contributed by atoms with van der Waals surface area (Å²) in [5.74, 6) is -0.246. The lowest BCUT2D eigenvalue weighted by Crippen LogP contribution is -2.29. The maximum Gasteiger partial charge on any atom is 0.433 e. The van der Waals surface area contributed by atoms with Gasteiger partial charge < -0.3 is 5.32 Å². The summed E-state index contributed by atoms with van der Waals surface area (Å²) in [6.45, 7) is 3.36. The average molecular weight is 404 g/mol. The van der Waals surface area contributed by atoms with Crippen molar-refractivity contribution >= 4 is 27.2 Å². The number of rotatable bonds is 6. The van der Waals surface area contributed by atoms with Crippen LogP contribution in [0.5, 0.6) is 0 Å². The summed E-state index contributed by atoms with van der Waals surface area (Å²) in [5.41, 5.74) is -1.20. The highest BCUT2D eigenvalue weighted by Crippen LogP contribution is 2.29. The van der Waals surface area contributed by atoms with Gasteiger partial charge in [-0.1, -0.05) is 0 Å². The normalized spacial score (nSPS) is 12.0. The summed E-state index contributed by atoms with van der Waals surface area (Å²) in [5, 5.41) is 11.5. The lowest BCUT2D eigenvalue weighted by atomic mass is 10.2. The van der Waals surface area contributed by atoms with E-state index in [4.69, 9.17) is 5.26 Å². The molecule has 0 aliphatic heterocycles. The van der Waals surface area contributed by atoms with Gasteiger partial charge in [0.25, 0.3) is 0 Å². The van der Waals surface area contributed by atoms with E-state index in [0.717, 1.165) is 10.9 Å². The molecule has 0 spiro atoms. The molecule has 6 nitrogen and oxygen atoms in total. The molecule has 0 saturated carbocycles. The number of nitrogens with zero attached hydrogens (tertiary/aromatic N) is 2. The van der Waals surface area contributed by atoms with Gasteiger partial charge in [0.1, 0.15) is 17.6 Å². The summed E-state index contributed by atoms with van der Waals surface area (Å²) >= 11 is 1.35. The Bertz CT molecular complexity index is 947. The Morgan fingerprint density at radius 1 is 1.27 bits per heavy atom. The highest BCUT2D eigenvalue weighted by Gasteiger charge is 2.33. The van der Waals surface area contributed by atoms with Gasteiger partial charge in [0.2, 0.25) is 10.0 Å². The third-order valence-electron chi connectivity index (χ3n) is 3.30. The number of aromatic nitrogens is 1. The lowest BCUT2D eigenvalue weighted by molar-refractivity contribution is -0.141. The number of anilines is 1. The summed E-state index contributed by atoms with van der Waals surface area (Å²) in [4.78, 5) is 5.07. The molecule has 0 fully saturated rings. The van der Waals surface area contributed by atoms with Gasteiger partial charge in [0.15, 0.2) is 0 Å². The Morgan fingerprint density at radius 3 is 2.50 bits per heavy atom. The predicted octanol–water partition coefficient (Wildman–Crippen LogP) is 3.04. The maximum atomic E-state index is 12.7. The van der Waals surface area contributed by atoms with Gasteiger partial charge in [-0.05, 0) is 32.0 Å². The van der Waals surface area contributed by atoms with Crippen LogP contribution in [0.2, 0.25) is 0 Å². The molecule has 2 N–H and O–H groups in total. The Labute approximate surface area is 152 Å². The second-order valence-corrected chi connectivity index (χ2v) is 8.50. The summed E-state index contributed by atoms with van der Waals surface area (Å²) in [6, 6.07) is 5.02. The van der Waals surface area contributed by atoms with E-state index in [9.17, 15) is 21.6 Å². The Morgan fingerprint density at radius 2 is 1.96 bits per heavy atom. The minimum Gasteiger partial charge on any atom is -0.368 e. The van der Waals surface area contributed by atoms with Gasteiger partial charge in [-0.15, -0.1) is 11.3 Å². The first-order chi connectivity index (χ1) is 12.0. The highest BCUT2D eigenvalue weighted by molar-refractivity contribution is 7.89. The zero-order chi connectivity index (χ0) is 19.5. The second-order valence-electron chi connectivity index (χ2n) is 5.30. The highest BCUT2D eigenvalue weighted by atomic mass is 32.2. The summed E-state index contributed by atoms with van der Waals surface area (Å²) in [6.07, 6.45) is -4.64. The van der Waals surface area contributed by atoms with Crippen molar-refractivity contribution in [2.24, 2.45) is 0 Å². The van der Waals surface area contributed by atoms with Crippen LogP contribution in [0.1, 0.15) is 21.0 Å². The monoisotopic (exact) mass is 404 g/mol. The molecule has 0 aromatic carbocycles. The molecule has 0 atom stereocenters. The van der Waals surface area contributed by atoms with Crippen molar-refractivity contribution in [3.05, 3.63) is 39.2 Å². The van der Waals surface area contributed by atoms with Gasteiger partial charge >= 0.3 is 6.18 Å². The first-order valence-corrected chi connectivity index (χ1v) is 9.63. The van der Waals surface area contributed by atoms with Crippen LogP contribution < -0.4 is 10.0 Å². The third kappa shape index (κ3) is 4.72. The number of alkyl halides is 3. The molecule has 11 heteroatoms. The molecule has 0 saturated heterocycles. The second kappa shape index (κ2) is 7.61. The van der Waals surface area contributed by atoms with Crippen LogP contribution in [0.15, 0.2) is 23.1 Å². The molecule has 0 amide bonds. The summed E-state index contributed by atoms with van der Waals surface area (Å²) in [7, 11) is -3.72. The molecule has 0 radical (unpaired) electrons. The third-order valence-corrected chi connectivity index (χ3v) is 5.98. The number of nitriles is 1. The number of aryl methyl sites for hydroxylation is 2. The SMILES string of the molecule is Cc1cc(S(=O)(=O)NCCNc2nc(C(F)(F)F)ccc2C#N)c(C)s1. The average Bonchev–Trinajstić information content (AvgIpc) is 2.90. The van der Waals surface area contributed by atoms with Crippen LogP contribution in [0.3, 0.4) is 0 Å². The van der Waals surface area contributed by atoms with Crippen molar-refractivity contribution in [2.75, 3.05) is 18.4 Å². The number of nitrogens with one attached hydrogen (secondary N) is 2. The van der Waals surface area contributed by atoms with Crippen LogP contribution >= 0.6 is 11.3 Å². The predicted molar refractivity (Wildman–Crippen MR) is 91.4 cm³/mol. The Hall–Kier alpha value is -2.16.